The van der Waals surface area contributed by atoms with E-state index in [4.69, 9.17) is 0 Å². The quantitative estimate of drug-likeness (QED) is 0.888. The van der Waals surface area contributed by atoms with Gasteiger partial charge in [-0.05, 0) is 26.1 Å². The first kappa shape index (κ1) is 12.7. The summed E-state index contributed by atoms with van der Waals surface area (Å²) in [4.78, 5) is 16.0. The van der Waals surface area contributed by atoms with Crippen LogP contribution in [0.1, 0.15) is 6.92 Å². The minimum Gasteiger partial charge on any atom is -0.325 e. The third-order valence-electron chi connectivity index (χ3n) is 2.64. The van der Waals surface area contributed by atoms with Crippen molar-refractivity contribution in [1.29, 1.82) is 0 Å². The van der Waals surface area contributed by atoms with Crippen molar-refractivity contribution in [2.45, 2.75) is 13.0 Å². The van der Waals surface area contributed by atoms with Gasteiger partial charge in [0.1, 0.15) is 5.01 Å². The number of hydrogen-bond acceptors (Lipinski definition) is 4. The van der Waals surface area contributed by atoms with E-state index in [0.29, 0.717) is 0 Å². The molecule has 2 aromatic rings. The number of nitrogens with one attached hydrogen (secondary N) is 2. The van der Waals surface area contributed by atoms with E-state index in [2.05, 4.69) is 15.6 Å². The Hall–Kier alpha value is -1.72. The molecule has 1 heterocycles. The van der Waals surface area contributed by atoms with Gasteiger partial charge in [-0.2, -0.15) is 0 Å². The fraction of sp³-hybridized carbons (Fsp3) is 0.231. The Kier molecular flexibility index (Phi) is 4.07. The van der Waals surface area contributed by atoms with Crippen molar-refractivity contribution in [3.05, 3.63) is 35.8 Å². The third-order valence-corrected chi connectivity index (χ3v) is 3.46. The molecule has 0 fully saturated rings. The molecule has 0 saturated heterocycles. The lowest BCUT2D eigenvalue weighted by Gasteiger charge is -2.11. The lowest BCUT2D eigenvalue weighted by Crippen LogP contribution is -2.35. The molecule has 18 heavy (non-hydrogen) atoms. The first-order valence-corrected chi connectivity index (χ1v) is 6.56. The molecule has 0 saturated carbocycles. The van der Waals surface area contributed by atoms with Gasteiger partial charge >= 0.3 is 0 Å². The van der Waals surface area contributed by atoms with Crippen LogP contribution in [0.5, 0.6) is 0 Å². The maximum absolute atomic E-state index is 11.8. The largest absolute Gasteiger partial charge is 0.325 e. The Labute approximate surface area is 110 Å². The zero-order chi connectivity index (χ0) is 13.0. The Morgan fingerprint density at radius 1 is 1.44 bits per heavy atom. The van der Waals surface area contributed by atoms with E-state index in [1.54, 1.807) is 24.6 Å². The molecular formula is C13H15N3OS. The number of hydrogen-bond donors (Lipinski definition) is 2. The average molecular weight is 261 g/mol. The van der Waals surface area contributed by atoms with Crippen LogP contribution < -0.4 is 10.6 Å². The number of benzene rings is 1. The van der Waals surface area contributed by atoms with Crippen molar-refractivity contribution in [2.75, 3.05) is 12.4 Å². The predicted octanol–water partition coefficient (Wildman–Crippen LogP) is 2.36. The van der Waals surface area contributed by atoms with Gasteiger partial charge in [-0.15, -0.1) is 11.3 Å². The Morgan fingerprint density at radius 2 is 2.28 bits per heavy atom. The van der Waals surface area contributed by atoms with E-state index < -0.39 is 0 Å². The summed E-state index contributed by atoms with van der Waals surface area (Å²) in [5, 5.41) is 8.66. The molecule has 0 aliphatic heterocycles. The monoisotopic (exact) mass is 261 g/mol. The minimum absolute atomic E-state index is 0.0474. The van der Waals surface area contributed by atoms with Crippen LogP contribution in [0.25, 0.3) is 10.6 Å². The molecule has 2 rings (SSSR count). The first-order valence-electron chi connectivity index (χ1n) is 5.69. The first-order chi connectivity index (χ1) is 8.70. The molecule has 1 unspecified atom stereocenters. The normalized spacial score (nSPS) is 12.1. The van der Waals surface area contributed by atoms with E-state index in [1.165, 1.54) is 0 Å². The van der Waals surface area contributed by atoms with E-state index in [-0.39, 0.29) is 11.9 Å². The number of carbonyl (C=O) groups is 1. The van der Waals surface area contributed by atoms with Crippen LogP contribution in [0.15, 0.2) is 35.8 Å². The van der Waals surface area contributed by atoms with Crippen molar-refractivity contribution in [2.24, 2.45) is 0 Å². The second kappa shape index (κ2) is 5.75. The van der Waals surface area contributed by atoms with Crippen LogP contribution in [0, 0.1) is 0 Å². The van der Waals surface area contributed by atoms with E-state index in [0.717, 1.165) is 16.3 Å². The number of carbonyl (C=O) groups excluding carboxylic acids is 1. The molecule has 94 valence electrons. The van der Waals surface area contributed by atoms with Crippen molar-refractivity contribution >= 4 is 22.9 Å². The smallest absolute Gasteiger partial charge is 0.241 e. The molecule has 4 nitrogen and oxygen atoms in total. The SMILES string of the molecule is CNC(C)C(=O)Nc1cccc(-c2nccs2)c1. The van der Waals surface area contributed by atoms with Crippen LogP contribution in [0.3, 0.4) is 0 Å². The summed E-state index contributed by atoms with van der Waals surface area (Å²) < 4.78 is 0. The summed E-state index contributed by atoms with van der Waals surface area (Å²) in [6, 6.07) is 7.48. The Bertz CT molecular complexity index is 525. The maximum atomic E-state index is 11.8. The van der Waals surface area contributed by atoms with Crippen LogP contribution in [-0.4, -0.2) is 24.0 Å². The number of thiazole rings is 1. The minimum atomic E-state index is -0.214. The lowest BCUT2D eigenvalue weighted by atomic mass is 10.2. The van der Waals surface area contributed by atoms with Crippen LogP contribution in [0.2, 0.25) is 0 Å². The van der Waals surface area contributed by atoms with Gasteiger partial charge in [-0.3, -0.25) is 4.79 Å². The summed E-state index contributed by atoms with van der Waals surface area (Å²) >= 11 is 1.58. The molecular weight excluding hydrogens is 246 g/mol. The van der Waals surface area contributed by atoms with Gasteiger partial charge in [0.25, 0.3) is 0 Å². The molecule has 1 aromatic carbocycles. The summed E-state index contributed by atoms with van der Waals surface area (Å²) in [5.74, 6) is -0.0474. The summed E-state index contributed by atoms with van der Waals surface area (Å²) in [6.07, 6.45) is 1.77. The van der Waals surface area contributed by atoms with E-state index in [1.807, 2.05) is 36.6 Å². The topological polar surface area (TPSA) is 54.0 Å². The molecule has 1 amide bonds. The Morgan fingerprint density at radius 3 is 2.94 bits per heavy atom. The highest BCUT2D eigenvalue weighted by Gasteiger charge is 2.10. The van der Waals surface area contributed by atoms with Crippen molar-refractivity contribution in [3.8, 4) is 10.6 Å². The summed E-state index contributed by atoms with van der Waals surface area (Å²) in [5.41, 5.74) is 1.80. The number of aromatic nitrogens is 1. The number of anilines is 1. The van der Waals surface area contributed by atoms with Crippen LogP contribution in [0.4, 0.5) is 5.69 Å². The van der Waals surface area contributed by atoms with E-state index in [9.17, 15) is 4.79 Å². The zero-order valence-corrected chi connectivity index (χ0v) is 11.1. The molecule has 1 atom stereocenters. The van der Waals surface area contributed by atoms with Gasteiger partial charge in [0.15, 0.2) is 0 Å². The summed E-state index contributed by atoms with van der Waals surface area (Å²) in [6.45, 7) is 1.82. The Balaban J connectivity index is 2.16. The average Bonchev–Trinajstić information content (AvgIpc) is 2.92. The highest BCUT2D eigenvalue weighted by atomic mass is 32.1. The van der Waals surface area contributed by atoms with Gasteiger partial charge in [-0.25, -0.2) is 4.98 Å². The fourth-order valence-corrected chi connectivity index (χ4v) is 2.11. The van der Waals surface area contributed by atoms with Crippen molar-refractivity contribution < 1.29 is 4.79 Å². The van der Waals surface area contributed by atoms with Gasteiger partial charge in [0.2, 0.25) is 5.91 Å². The lowest BCUT2D eigenvalue weighted by molar-refractivity contribution is -0.117. The molecule has 0 bridgehead atoms. The molecule has 0 spiro atoms. The fourth-order valence-electron chi connectivity index (χ4n) is 1.48. The van der Waals surface area contributed by atoms with Gasteiger partial charge in [0.05, 0.1) is 6.04 Å². The van der Waals surface area contributed by atoms with Gasteiger partial charge in [-0.1, -0.05) is 12.1 Å². The van der Waals surface area contributed by atoms with Gasteiger partial charge in [0, 0.05) is 22.8 Å². The van der Waals surface area contributed by atoms with Gasteiger partial charge < -0.3 is 10.6 Å². The number of nitrogens with zero attached hydrogens (tertiary/aromatic N) is 1. The standard InChI is InChI=1S/C13H15N3OS/c1-9(14-2)12(17)16-11-5-3-4-10(8-11)13-15-6-7-18-13/h3-9,14H,1-2H3,(H,16,17). The predicted molar refractivity (Wildman–Crippen MR) is 74.7 cm³/mol. The molecule has 2 N–H and O–H groups in total. The van der Waals surface area contributed by atoms with Crippen molar-refractivity contribution in [3.63, 3.8) is 0 Å². The second-order valence-corrected chi connectivity index (χ2v) is 4.81. The number of rotatable bonds is 4. The van der Waals surface area contributed by atoms with Crippen LogP contribution >= 0.6 is 11.3 Å². The number of likely N-dealkylation sites (N-methyl/N-ethyl adjacent to an activating group) is 1. The molecule has 0 aliphatic carbocycles. The molecule has 0 radical (unpaired) electrons. The molecule has 0 aliphatic rings. The van der Waals surface area contributed by atoms with Crippen molar-refractivity contribution in [1.82, 2.24) is 10.3 Å². The highest BCUT2D eigenvalue weighted by molar-refractivity contribution is 7.13. The third kappa shape index (κ3) is 2.94. The maximum Gasteiger partial charge on any atom is 0.241 e. The zero-order valence-electron chi connectivity index (χ0n) is 10.3. The highest BCUT2D eigenvalue weighted by Crippen LogP contribution is 2.24. The second-order valence-electron chi connectivity index (χ2n) is 3.92. The summed E-state index contributed by atoms with van der Waals surface area (Å²) in [7, 11) is 1.76. The number of amides is 1. The molecule has 5 heteroatoms. The molecule has 1 aromatic heterocycles. The van der Waals surface area contributed by atoms with Crippen LogP contribution in [-0.2, 0) is 4.79 Å². The van der Waals surface area contributed by atoms with E-state index >= 15 is 0 Å².